The van der Waals surface area contributed by atoms with E-state index in [2.05, 4.69) is 15.0 Å². The number of sulfone groups is 1. The fraction of sp³-hybridized carbons (Fsp3) is 0.350. The van der Waals surface area contributed by atoms with Gasteiger partial charge in [0.1, 0.15) is 5.75 Å². The summed E-state index contributed by atoms with van der Waals surface area (Å²) in [5, 5.41) is 3.14. The van der Waals surface area contributed by atoms with Gasteiger partial charge in [-0.05, 0) is 36.2 Å². The van der Waals surface area contributed by atoms with E-state index in [0.29, 0.717) is 30.4 Å². The molecule has 0 atom stereocenters. The van der Waals surface area contributed by atoms with Gasteiger partial charge in [-0.2, -0.15) is 8.78 Å². The molecule has 9 heteroatoms. The molecule has 0 saturated heterocycles. The Hall–Kier alpha value is -2.68. The molecule has 0 heterocycles. The first kappa shape index (κ1) is 22.6. The third-order valence-electron chi connectivity index (χ3n) is 4.12. The van der Waals surface area contributed by atoms with Crippen molar-refractivity contribution in [3.05, 3.63) is 60.2 Å². The van der Waals surface area contributed by atoms with Crippen molar-refractivity contribution in [1.29, 1.82) is 0 Å². The summed E-state index contributed by atoms with van der Waals surface area (Å²) in [6.07, 6.45) is 0.434. The Balaban J connectivity index is 1.82. The van der Waals surface area contributed by atoms with Crippen molar-refractivity contribution in [1.82, 2.24) is 10.2 Å². The molecule has 0 spiro atoms. The van der Waals surface area contributed by atoms with E-state index < -0.39 is 16.4 Å². The highest BCUT2D eigenvalue weighted by atomic mass is 32.2. The van der Waals surface area contributed by atoms with Gasteiger partial charge in [0.05, 0.1) is 10.6 Å². The molecule has 0 amide bonds. The van der Waals surface area contributed by atoms with Crippen LogP contribution in [0.1, 0.15) is 12.0 Å². The van der Waals surface area contributed by atoms with Crippen molar-refractivity contribution < 1.29 is 21.9 Å². The Morgan fingerprint density at radius 1 is 1.14 bits per heavy atom. The number of benzene rings is 2. The van der Waals surface area contributed by atoms with Crippen LogP contribution in [-0.4, -0.2) is 52.3 Å². The molecule has 6 nitrogen and oxygen atoms in total. The Morgan fingerprint density at radius 3 is 2.38 bits per heavy atom. The first-order valence-electron chi connectivity index (χ1n) is 9.05. The molecular formula is C20H25F2N3O3S. The molecular weight excluding hydrogens is 400 g/mol. The maximum Gasteiger partial charge on any atom is 0.387 e. The Morgan fingerprint density at radius 2 is 1.79 bits per heavy atom. The number of rotatable bonds is 9. The van der Waals surface area contributed by atoms with E-state index in [1.54, 1.807) is 49.5 Å². The van der Waals surface area contributed by atoms with Crippen molar-refractivity contribution in [2.24, 2.45) is 4.99 Å². The van der Waals surface area contributed by atoms with E-state index >= 15 is 0 Å². The molecule has 0 aliphatic heterocycles. The number of alkyl halides is 2. The normalized spacial score (nSPS) is 12.1. The summed E-state index contributed by atoms with van der Waals surface area (Å²) >= 11 is 0. The molecule has 0 aliphatic rings. The number of ether oxygens (including phenoxy) is 1. The number of hydrogen-bond donors (Lipinski definition) is 1. The third kappa shape index (κ3) is 7.34. The van der Waals surface area contributed by atoms with Gasteiger partial charge < -0.3 is 15.0 Å². The summed E-state index contributed by atoms with van der Waals surface area (Å²) in [7, 11) is 0.166. The van der Waals surface area contributed by atoms with Crippen molar-refractivity contribution in [3.8, 4) is 5.75 Å². The lowest BCUT2D eigenvalue weighted by Gasteiger charge is -2.22. The molecule has 2 aromatic carbocycles. The number of hydrogen-bond acceptors (Lipinski definition) is 4. The number of nitrogens with zero attached hydrogens (tertiary/aromatic N) is 2. The first-order chi connectivity index (χ1) is 13.8. The van der Waals surface area contributed by atoms with Crippen LogP contribution in [0.2, 0.25) is 0 Å². The third-order valence-corrected chi connectivity index (χ3v) is 5.93. The molecule has 0 fully saturated rings. The maximum absolute atomic E-state index is 12.3. The number of aliphatic imine (C=N–C) groups is 1. The monoisotopic (exact) mass is 425 g/mol. The van der Waals surface area contributed by atoms with E-state index in [4.69, 9.17) is 0 Å². The lowest BCUT2D eigenvalue weighted by molar-refractivity contribution is -0.0498. The summed E-state index contributed by atoms with van der Waals surface area (Å²) in [6.45, 7) is -1.90. The second kappa shape index (κ2) is 10.8. The highest BCUT2D eigenvalue weighted by Crippen LogP contribution is 2.16. The summed E-state index contributed by atoms with van der Waals surface area (Å²) in [5.41, 5.74) is 0.892. The second-order valence-corrected chi connectivity index (χ2v) is 8.45. The van der Waals surface area contributed by atoms with Crippen LogP contribution in [-0.2, 0) is 16.4 Å². The standard InChI is InChI=1S/C20H25F2N3O3S/c1-23-20(24-13-6-14-29(26,27)18-7-4-3-5-8-18)25(2)15-16-9-11-17(12-10-16)28-19(21)22/h3-5,7-12,19H,6,13-15H2,1-2H3,(H,23,24). The van der Waals surface area contributed by atoms with Crippen molar-refractivity contribution in [3.63, 3.8) is 0 Å². The van der Waals surface area contributed by atoms with E-state index in [9.17, 15) is 17.2 Å². The fourth-order valence-electron chi connectivity index (χ4n) is 2.72. The van der Waals surface area contributed by atoms with Crippen LogP contribution in [0, 0.1) is 0 Å². The molecule has 2 rings (SSSR count). The van der Waals surface area contributed by atoms with E-state index in [0.717, 1.165) is 5.56 Å². The van der Waals surface area contributed by atoms with Gasteiger partial charge in [-0.1, -0.05) is 30.3 Å². The average molecular weight is 426 g/mol. The van der Waals surface area contributed by atoms with Gasteiger partial charge >= 0.3 is 6.61 Å². The molecule has 29 heavy (non-hydrogen) atoms. The quantitative estimate of drug-likeness (QED) is 0.380. The summed E-state index contributed by atoms with van der Waals surface area (Å²) < 4.78 is 53.3. The van der Waals surface area contributed by atoms with Gasteiger partial charge in [0.15, 0.2) is 15.8 Å². The maximum atomic E-state index is 12.3. The first-order valence-corrected chi connectivity index (χ1v) is 10.7. The predicted octanol–water partition coefficient (Wildman–Crippen LogP) is 3.16. The zero-order valence-electron chi connectivity index (χ0n) is 16.4. The Kier molecular flexibility index (Phi) is 8.38. The number of guanidine groups is 1. The van der Waals surface area contributed by atoms with Crippen molar-refractivity contribution in [2.75, 3.05) is 26.4 Å². The lowest BCUT2D eigenvalue weighted by Crippen LogP contribution is -2.39. The molecule has 1 N–H and O–H groups in total. The minimum absolute atomic E-state index is 0.0380. The van der Waals surface area contributed by atoms with Crippen LogP contribution in [0.15, 0.2) is 64.5 Å². The Bertz CT molecular complexity index is 889. The largest absolute Gasteiger partial charge is 0.435 e. The zero-order chi connectivity index (χ0) is 21.3. The van der Waals surface area contributed by atoms with Crippen LogP contribution in [0.25, 0.3) is 0 Å². The molecule has 0 aromatic heterocycles. The molecule has 0 saturated carbocycles. The SMILES string of the molecule is CN=C(NCCCS(=O)(=O)c1ccccc1)N(C)Cc1ccc(OC(F)F)cc1. The van der Waals surface area contributed by atoms with Gasteiger partial charge in [-0.25, -0.2) is 8.42 Å². The summed E-state index contributed by atoms with van der Waals surface area (Å²) in [4.78, 5) is 6.37. The molecule has 0 aliphatic carbocycles. The summed E-state index contributed by atoms with van der Waals surface area (Å²) in [5.74, 6) is 0.750. The Labute approximate surface area is 170 Å². The predicted molar refractivity (Wildman–Crippen MR) is 109 cm³/mol. The fourth-order valence-corrected chi connectivity index (χ4v) is 4.05. The van der Waals surface area contributed by atoms with E-state index in [-0.39, 0.29) is 11.5 Å². The van der Waals surface area contributed by atoms with Gasteiger partial charge in [-0.3, -0.25) is 4.99 Å². The van der Waals surface area contributed by atoms with Crippen LogP contribution in [0.4, 0.5) is 8.78 Å². The molecule has 0 radical (unpaired) electrons. The van der Waals surface area contributed by atoms with Crippen LogP contribution in [0.5, 0.6) is 5.75 Å². The average Bonchev–Trinajstić information content (AvgIpc) is 2.69. The summed E-state index contributed by atoms with van der Waals surface area (Å²) in [6, 6.07) is 14.7. The minimum Gasteiger partial charge on any atom is -0.435 e. The highest BCUT2D eigenvalue weighted by molar-refractivity contribution is 7.91. The zero-order valence-corrected chi connectivity index (χ0v) is 17.2. The number of halogens is 2. The minimum atomic E-state index is -3.31. The molecule has 0 bridgehead atoms. The van der Waals surface area contributed by atoms with Gasteiger partial charge in [0.2, 0.25) is 0 Å². The molecule has 158 valence electrons. The number of nitrogens with one attached hydrogen (secondary N) is 1. The lowest BCUT2D eigenvalue weighted by atomic mass is 10.2. The van der Waals surface area contributed by atoms with Crippen LogP contribution in [0.3, 0.4) is 0 Å². The van der Waals surface area contributed by atoms with Gasteiger partial charge in [0.25, 0.3) is 0 Å². The van der Waals surface area contributed by atoms with E-state index in [1.165, 1.54) is 12.1 Å². The van der Waals surface area contributed by atoms with Crippen LogP contribution >= 0.6 is 0 Å². The van der Waals surface area contributed by atoms with Crippen molar-refractivity contribution in [2.45, 2.75) is 24.5 Å². The van der Waals surface area contributed by atoms with E-state index in [1.807, 2.05) is 11.9 Å². The van der Waals surface area contributed by atoms with Crippen LogP contribution < -0.4 is 10.1 Å². The van der Waals surface area contributed by atoms with Gasteiger partial charge in [0, 0.05) is 27.2 Å². The topological polar surface area (TPSA) is 71.0 Å². The molecule has 2 aromatic rings. The second-order valence-electron chi connectivity index (χ2n) is 6.34. The smallest absolute Gasteiger partial charge is 0.387 e. The molecule has 0 unspecified atom stereocenters. The van der Waals surface area contributed by atoms with Gasteiger partial charge in [-0.15, -0.1) is 0 Å². The van der Waals surface area contributed by atoms with Crippen molar-refractivity contribution >= 4 is 15.8 Å². The highest BCUT2D eigenvalue weighted by Gasteiger charge is 2.14.